The highest BCUT2D eigenvalue weighted by Gasteiger charge is 2.30. The van der Waals surface area contributed by atoms with Crippen LogP contribution in [0, 0.1) is 0 Å². The Bertz CT molecular complexity index is 424. The van der Waals surface area contributed by atoms with Crippen molar-refractivity contribution < 1.29 is 22.7 Å². The van der Waals surface area contributed by atoms with Gasteiger partial charge in [0.05, 0.1) is 6.42 Å². The van der Waals surface area contributed by atoms with Gasteiger partial charge in [-0.15, -0.1) is 25.6 Å². The van der Waals surface area contributed by atoms with Gasteiger partial charge in [0.1, 0.15) is 5.75 Å². The normalized spacial score (nSPS) is 10.7. The molecule has 8 heteroatoms. The quantitative estimate of drug-likeness (QED) is 0.756. The van der Waals surface area contributed by atoms with Crippen LogP contribution < -0.4 is 15.4 Å². The molecule has 21 heavy (non-hydrogen) atoms. The zero-order chi connectivity index (χ0) is 15.0. The van der Waals surface area contributed by atoms with Gasteiger partial charge in [0.25, 0.3) is 0 Å². The second-order valence-corrected chi connectivity index (χ2v) is 4.07. The molecule has 0 heterocycles. The van der Waals surface area contributed by atoms with E-state index in [1.807, 2.05) is 6.92 Å². The molecule has 0 aliphatic heterocycles. The minimum Gasteiger partial charge on any atom is -0.406 e. The van der Waals surface area contributed by atoms with Crippen LogP contribution in [-0.4, -0.2) is 31.9 Å². The number of rotatable bonds is 7. The van der Waals surface area contributed by atoms with E-state index in [1.54, 1.807) is 0 Å². The highest BCUT2D eigenvalue weighted by atomic mass is 35.5. The third-order valence-corrected chi connectivity index (χ3v) is 2.40. The van der Waals surface area contributed by atoms with E-state index in [0.29, 0.717) is 18.7 Å². The highest BCUT2D eigenvalue weighted by Crippen LogP contribution is 2.22. The zero-order valence-electron chi connectivity index (χ0n) is 11.5. The van der Waals surface area contributed by atoms with E-state index in [-0.39, 0.29) is 30.5 Å². The number of likely N-dealkylation sites (N-methyl/N-ethyl adjacent to an activating group) is 1. The second-order valence-electron chi connectivity index (χ2n) is 4.07. The summed E-state index contributed by atoms with van der Waals surface area (Å²) in [4.78, 5) is 11.5. The monoisotopic (exact) mass is 326 g/mol. The largest absolute Gasteiger partial charge is 0.573 e. The van der Waals surface area contributed by atoms with Crippen molar-refractivity contribution in [3.05, 3.63) is 29.8 Å². The molecule has 2 N–H and O–H groups in total. The molecule has 0 unspecified atom stereocenters. The third kappa shape index (κ3) is 9.14. The maximum absolute atomic E-state index is 12.0. The number of ether oxygens (including phenoxy) is 1. The van der Waals surface area contributed by atoms with E-state index in [2.05, 4.69) is 15.4 Å². The second kappa shape index (κ2) is 9.46. The molecule has 0 aliphatic rings. The first-order chi connectivity index (χ1) is 9.40. The highest BCUT2D eigenvalue weighted by molar-refractivity contribution is 5.85. The standard InChI is InChI=1S/C13H17F3N2O2.ClH/c1-2-17-7-8-18-12(19)9-10-3-5-11(6-4-10)20-13(14,15)16;/h3-6,17H,2,7-9H2,1H3,(H,18,19);1H. The number of halogens is 4. The van der Waals surface area contributed by atoms with Gasteiger partial charge in [-0.1, -0.05) is 19.1 Å². The first-order valence-electron chi connectivity index (χ1n) is 6.23. The third-order valence-electron chi connectivity index (χ3n) is 2.40. The van der Waals surface area contributed by atoms with Crippen LogP contribution in [0.25, 0.3) is 0 Å². The first-order valence-corrected chi connectivity index (χ1v) is 6.23. The summed E-state index contributed by atoms with van der Waals surface area (Å²) >= 11 is 0. The van der Waals surface area contributed by atoms with Gasteiger partial charge >= 0.3 is 6.36 Å². The molecule has 0 spiro atoms. The van der Waals surface area contributed by atoms with Gasteiger partial charge in [-0.25, -0.2) is 0 Å². The van der Waals surface area contributed by atoms with Crippen LogP contribution in [0.1, 0.15) is 12.5 Å². The Morgan fingerprint density at radius 3 is 2.33 bits per heavy atom. The number of benzene rings is 1. The molecule has 0 aliphatic carbocycles. The van der Waals surface area contributed by atoms with Crippen LogP contribution in [-0.2, 0) is 11.2 Å². The van der Waals surface area contributed by atoms with Crippen LogP contribution in [0.4, 0.5) is 13.2 Å². The number of carbonyl (C=O) groups excluding carboxylic acids is 1. The maximum Gasteiger partial charge on any atom is 0.573 e. The average molecular weight is 327 g/mol. The lowest BCUT2D eigenvalue weighted by Gasteiger charge is -2.09. The van der Waals surface area contributed by atoms with E-state index in [0.717, 1.165) is 6.54 Å². The van der Waals surface area contributed by atoms with E-state index >= 15 is 0 Å². The Balaban J connectivity index is 0.00000400. The van der Waals surface area contributed by atoms with Crippen molar-refractivity contribution in [3.8, 4) is 5.75 Å². The van der Waals surface area contributed by atoms with Gasteiger partial charge in [0.2, 0.25) is 5.91 Å². The smallest absolute Gasteiger partial charge is 0.406 e. The van der Waals surface area contributed by atoms with E-state index in [1.165, 1.54) is 24.3 Å². The molecule has 1 aromatic carbocycles. The molecular formula is C13H18ClF3N2O2. The number of hydrogen-bond donors (Lipinski definition) is 2. The number of hydrogen-bond acceptors (Lipinski definition) is 3. The minimum absolute atomic E-state index is 0. The van der Waals surface area contributed by atoms with Crippen molar-refractivity contribution in [2.45, 2.75) is 19.7 Å². The van der Waals surface area contributed by atoms with Crippen LogP contribution in [0.2, 0.25) is 0 Å². The predicted molar refractivity (Wildman–Crippen MR) is 75.6 cm³/mol. The van der Waals surface area contributed by atoms with Gasteiger partial charge in [-0.3, -0.25) is 4.79 Å². The summed E-state index contributed by atoms with van der Waals surface area (Å²) in [5, 5.41) is 5.76. The number of alkyl halides is 3. The lowest BCUT2D eigenvalue weighted by Crippen LogP contribution is -2.32. The molecule has 1 rings (SSSR count). The lowest BCUT2D eigenvalue weighted by molar-refractivity contribution is -0.274. The molecule has 0 saturated heterocycles. The number of nitrogens with one attached hydrogen (secondary N) is 2. The zero-order valence-corrected chi connectivity index (χ0v) is 12.3. The summed E-state index contributed by atoms with van der Waals surface area (Å²) < 4.78 is 39.6. The average Bonchev–Trinajstić information content (AvgIpc) is 2.35. The van der Waals surface area contributed by atoms with Crippen molar-refractivity contribution in [3.63, 3.8) is 0 Å². The minimum atomic E-state index is -4.70. The Morgan fingerprint density at radius 2 is 1.81 bits per heavy atom. The van der Waals surface area contributed by atoms with Gasteiger partial charge in [0, 0.05) is 13.1 Å². The van der Waals surface area contributed by atoms with Crippen LogP contribution in [0.5, 0.6) is 5.75 Å². The van der Waals surface area contributed by atoms with Crippen molar-refractivity contribution in [1.29, 1.82) is 0 Å². The van der Waals surface area contributed by atoms with Crippen molar-refractivity contribution >= 4 is 18.3 Å². The van der Waals surface area contributed by atoms with E-state index in [9.17, 15) is 18.0 Å². The van der Waals surface area contributed by atoms with E-state index in [4.69, 9.17) is 0 Å². The Labute approximate surface area is 127 Å². The molecule has 0 bridgehead atoms. The summed E-state index contributed by atoms with van der Waals surface area (Å²) in [6, 6.07) is 5.25. The summed E-state index contributed by atoms with van der Waals surface area (Å²) in [5.74, 6) is -0.471. The Morgan fingerprint density at radius 1 is 1.19 bits per heavy atom. The number of carbonyl (C=O) groups is 1. The van der Waals surface area contributed by atoms with Gasteiger partial charge in [0.15, 0.2) is 0 Å². The van der Waals surface area contributed by atoms with Crippen LogP contribution >= 0.6 is 12.4 Å². The fourth-order valence-electron chi connectivity index (χ4n) is 1.52. The van der Waals surface area contributed by atoms with Crippen molar-refractivity contribution in [2.75, 3.05) is 19.6 Å². The molecule has 1 aromatic rings. The van der Waals surface area contributed by atoms with Gasteiger partial charge in [-0.2, -0.15) is 0 Å². The summed E-state index contributed by atoms with van der Waals surface area (Å²) in [6.07, 6.45) is -4.58. The SMILES string of the molecule is CCNCCNC(=O)Cc1ccc(OC(F)(F)F)cc1.Cl. The molecule has 0 fully saturated rings. The topological polar surface area (TPSA) is 50.4 Å². The fraction of sp³-hybridized carbons (Fsp3) is 0.462. The molecule has 0 atom stereocenters. The fourth-order valence-corrected chi connectivity index (χ4v) is 1.52. The lowest BCUT2D eigenvalue weighted by atomic mass is 10.1. The first kappa shape index (κ1) is 19.5. The molecule has 0 radical (unpaired) electrons. The molecule has 1 amide bonds. The molecule has 120 valence electrons. The molecular weight excluding hydrogens is 309 g/mol. The van der Waals surface area contributed by atoms with E-state index < -0.39 is 6.36 Å². The Kier molecular flexibility index (Phi) is 8.80. The van der Waals surface area contributed by atoms with Crippen LogP contribution in [0.3, 0.4) is 0 Å². The summed E-state index contributed by atoms with van der Waals surface area (Å²) in [6.45, 7) is 3.99. The molecule has 0 saturated carbocycles. The maximum atomic E-state index is 12.0. The van der Waals surface area contributed by atoms with Crippen LogP contribution in [0.15, 0.2) is 24.3 Å². The van der Waals surface area contributed by atoms with Crippen molar-refractivity contribution in [1.82, 2.24) is 10.6 Å². The molecule has 0 aromatic heterocycles. The van der Waals surface area contributed by atoms with Crippen molar-refractivity contribution in [2.24, 2.45) is 0 Å². The predicted octanol–water partition coefficient (Wildman–Crippen LogP) is 2.28. The van der Waals surface area contributed by atoms with Gasteiger partial charge < -0.3 is 15.4 Å². The summed E-state index contributed by atoms with van der Waals surface area (Å²) in [5.41, 5.74) is 0.625. The molecule has 4 nitrogen and oxygen atoms in total. The number of amides is 1. The Hall–Kier alpha value is -1.47. The summed E-state index contributed by atoms with van der Waals surface area (Å²) in [7, 11) is 0. The van der Waals surface area contributed by atoms with Gasteiger partial charge in [-0.05, 0) is 24.2 Å².